The lowest BCUT2D eigenvalue weighted by Gasteiger charge is -2.35. The van der Waals surface area contributed by atoms with Crippen LogP contribution in [0.2, 0.25) is 0 Å². The molecule has 3 aliphatic rings. The first-order valence-corrected chi connectivity index (χ1v) is 12.3. The maximum Gasteiger partial charge on any atom is 0.295 e. The molecule has 6 nitrogen and oxygen atoms in total. The van der Waals surface area contributed by atoms with Crippen molar-refractivity contribution in [3.05, 3.63) is 70.9 Å². The Labute approximate surface area is 198 Å². The quantitative estimate of drug-likeness (QED) is 0.320. The van der Waals surface area contributed by atoms with Crippen molar-refractivity contribution in [3.63, 3.8) is 0 Å². The molecule has 0 spiro atoms. The number of ether oxygens (including phenoxy) is 1. The summed E-state index contributed by atoms with van der Waals surface area (Å²) in [6.45, 7) is 0.686. The molecular weight excluding hydrogens is 428 g/mol. The molecule has 2 aliphatic heterocycles. The molecule has 1 saturated carbocycles. The first-order chi connectivity index (χ1) is 16.6. The Morgan fingerprint density at radius 3 is 2.71 bits per heavy atom. The van der Waals surface area contributed by atoms with E-state index >= 15 is 0 Å². The van der Waals surface area contributed by atoms with Gasteiger partial charge >= 0.3 is 0 Å². The van der Waals surface area contributed by atoms with E-state index in [1.807, 2.05) is 42.6 Å². The number of benzene rings is 2. The first-order valence-electron chi connectivity index (χ1n) is 12.3. The lowest BCUT2D eigenvalue weighted by atomic mass is 9.90. The fourth-order valence-electron chi connectivity index (χ4n) is 5.87. The molecule has 1 atom stereocenters. The van der Waals surface area contributed by atoms with Crippen molar-refractivity contribution >= 4 is 28.4 Å². The minimum absolute atomic E-state index is 0.00825. The normalized spacial score (nSPS) is 22.7. The Morgan fingerprint density at radius 2 is 1.85 bits per heavy atom. The highest BCUT2D eigenvalue weighted by atomic mass is 16.5. The van der Waals surface area contributed by atoms with Crippen LogP contribution in [-0.2, 0) is 16.0 Å². The Hall–Kier alpha value is -3.54. The molecule has 3 heterocycles. The van der Waals surface area contributed by atoms with Crippen LogP contribution in [0.4, 0.5) is 0 Å². The molecule has 0 bridgehead atoms. The van der Waals surface area contributed by atoms with Crippen molar-refractivity contribution in [2.75, 3.05) is 6.61 Å². The van der Waals surface area contributed by atoms with Crippen molar-refractivity contribution in [2.45, 2.75) is 57.0 Å². The Bertz CT molecular complexity index is 1310. The van der Waals surface area contributed by atoms with Gasteiger partial charge in [0.25, 0.3) is 11.7 Å². The highest BCUT2D eigenvalue weighted by Crippen LogP contribution is 2.45. The number of Topliss-reactive ketones (excluding diaryl/α,β-unsaturated/α-hetero) is 1. The summed E-state index contributed by atoms with van der Waals surface area (Å²) in [4.78, 5) is 31.9. The van der Waals surface area contributed by atoms with Crippen LogP contribution in [0.1, 0.15) is 61.3 Å². The lowest BCUT2D eigenvalue weighted by molar-refractivity contribution is -0.141. The van der Waals surface area contributed by atoms with E-state index in [2.05, 4.69) is 4.98 Å². The molecule has 2 fully saturated rings. The molecule has 174 valence electrons. The average Bonchev–Trinajstić information content (AvgIpc) is 3.42. The van der Waals surface area contributed by atoms with Crippen LogP contribution in [0.25, 0.3) is 16.7 Å². The van der Waals surface area contributed by atoms with Crippen LogP contribution >= 0.6 is 0 Å². The molecule has 34 heavy (non-hydrogen) atoms. The molecular formula is C28H28N2O4. The summed E-state index contributed by atoms with van der Waals surface area (Å²) in [5.41, 5.74) is 3.54. The largest absolute Gasteiger partial charge is 0.507 e. The molecule has 1 unspecified atom stereocenters. The monoisotopic (exact) mass is 456 g/mol. The van der Waals surface area contributed by atoms with E-state index in [4.69, 9.17) is 4.74 Å². The predicted molar refractivity (Wildman–Crippen MR) is 130 cm³/mol. The number of fused-ring (bicyclic) bond motifs is 2. The second-order valence-electron chi connectivity index (χ2n) is 9.56. The van der Waals surface area contributed by atoms with Crippen molar-refractivity contribution in [1.82, 2.24) is 9.88 Å². The number of aliphatic hydroxyl groups excluding tert-OH is 1. The Kier molecular flexibility index (Phi) is 5.16. The third-order valence-electron chi connectivity index (χ3n) is 7.55. The summed E-state index contributed by atoms with van der Waals surface area (Å²) >= 11 is 0. The van der Waals surface area contributed by atoms with E-state index in [-0.39, 0.29) is 17.4 Å². The van der Waals surface area contributed by atoms with Gasteiger partial charge in [0.1, 0.15) is 11.5 Å². The van der Waals surface area contributed by atoms with Crippen LogP contribution in [0, 0.1) is 0 Å². The maximum absolute atomic E-state index is 13.5. The number of hydrogen-bond acceptors (Lipinski definition) is 4. The number of aryl methyl sites for hydroxylation is 1. The minimum Gasteiger partial charge on any atom is -0.507 e. The second-order valence-corrected chi connectivity index (χ2v) is 9.56. The van der Waals surface area contributed by atoms with Gasteiger partial charge in [-0.15, -0.1) is 0 Å². The predicted octanol–water partition coefficient (Wildman–Crippen LogP) is 5.25. The summed E-state index contributed by atoms with van der Waals surface area (Å²) in [6.07, 6.45) is 8.64. The summed E-state index contributed by atoms with van der Waals surface area (Å²) in [5, 5.41) is 12.5. The molecule has 1 aromatic heterocycles. The van der Waals surface area contributed by atoms with Crippen LogP contribution in [0.5, 0.6) is 5.75 Å². The van der Waals surface area contributed by atoms with Crippen molar-refractivity contribution in [1.29, 1.82) is 0 Å². The highest BCUT2D eigenvalue weighted by Gasteiger charge is 2.49. The van der Waals surface area contributed by atoms with Gasteiger partial charge in [-0.25, -0.2) is 0 Å². The van der Waals surface area contributed by atoms with Gasteiger partial charge in [0.15, 0.2) is 0 Å². The van der Waals surface area contributed by atoms with Gasteiger partial charge in [0, 0.05) is 34.3 Å². The number of carbonyl (C=O) groups is 2. The summed E-state index contributed by atoms with van der Waals surface area (Å²) in [6, 6.07) is 12.8. The average molecular weight is 457 g/mol. The van der Waals surface area contributed by atoms with Gasteiger partial charge in [-0.1, -0.05) is 37.5 Å². The number of H-pyrrole nitrogens is 1. The Morgan fingerprint density at radius 1 is 1.03 bits per heavy atom. The third-order valence-corrected chi connectivity index (χ3v) is 7.55. The SMILES string of the molecule is O=C1C(=O)N(C2CCCCC2)C(c2c[nH]c3ccccc23)/C1=C(\O)c1ccc2c(c1)CCCO2. The lowest BCUT2D eigenvalue weighted by Crippen LogP contribution is -2.40. The highest BCUT2D eigenvalue weighted by molar-refractivity contribution is 6.46. The van der Waals surface area contributed by atoms with E-state index < -0.39 is 17.7 Å². The van der Waals surface area contributed by atoms with Crippen LogP contribution in [-0.4, -0.2) is 39.3 Å². The molecule has 6 heteroatoms. The number of likely N-dealkylation sites (tertiary alicyclic amines) is 1. The van der Waals surface area contributed by atoms with Gasteiger partial charge in [0.05, 0.1) is 18.2 Å². The molecule has 3 aromatic rings. The standard InChI is InChI=1S/C28H28N2O4/c31-26(18-12-13-23-17(15-18)7-6-14-34-23)24-25(21-16-29-22-11-5-4-10-20(21)22)30(28(33)27(24)32)19-8-2-1-3-9-19/h4-5,10-13,15-16,19,25,29,31H,1-3,6-9,14H2/b26-24+. The number of aromatic amines is 1. The van der Waals surface area contributed by atoms with E-state index in [9.17, 15) is 14.7 Å². The zero-order valence-corrected chi connectivity index (χ0v) is 19.0. The third kappa shape index (κ3) is 3.31. The van der Waals surface area contributed by atoms with Crippen LogP contribution < -0.4 is 4.74 Å². The fourth-order valence-corrected chi connectivity index (χ4v) is 5.87. The molecule has 1 aliphatic carbocycles. The number of carbonyl (C=O) groups excluding carboxylic acids is 2. The minimum atomic E-state index is -0.619. The number of nitrogens with zero attached hydrogens (tertiary/aromatic N) is 1. The van der Waals surface area contributed by atoms with Crippen LogP contribution in [0.15, 0.2) is 54.2 Å². The van der Waals surface area contributed by atoms with Crippen LogP contribution in [0.3, 0.4) is 0 Å². The number of para-hydroxylation sites is 1. The van der Waals surface area contributed by atoms with Gasteiger partial charge in [0.2, 0.25) is 0 Å². The molecule has 2 aromatic carbocycles. The van der Waals surface area contributed by atoms with Gasteiger partial charge < -0.3 is 19.7 Å². The van der Waals surface area contributed by atoms with E-state index in [1.165, 1.54) is 0 Å². The molecule has 1 saturated heterocycles. The summed E-state index contributed by atoms with van der Waals surface area (Å²) < 4.78 is 5.72. The van der Waals surface area contributed by atoms with Crippen molar-refractivity contribution in [3.8, 4) is 5.75 Å². The molecule has 0 radical (unpaired) electrons. The van der Waals surface area contributed by atoms with E-state index in [1.54, 1.807) is 11.0 Å². The zero-order valence-electron chi connectivity index (χ0n) is 19.0. The number of aromatic nitrogens is 1. The van der Waals surface area contributed by atoms with E-state index in [0.29, 0.717) is 12.2 Å². The first kappa shape index (κ1) is 21.0. The second kappa shape index (κ2) is 8.35. The smallest absolute Gasteiger partial charge is 0.295 e. The summed E-state index contributed by atoms with van der Waals surface area (Å²) in [5.74, 6) is -0.406. The molecule has 1 amide bonds. The van der Waals surface area contributed by atoms with Crippen molar-refractivity contribution < 1.29 is 19.4 Å². The number of aliphatic hydroxyl groups is 1. The fraction of sp³-hybridized carbons (Fsp3) is 0.357. The topological polar surface area (TPSA) is 82.6 Å². The van der Waals surface area contributed by atoms with E-state index in [0.717, 1.165) is 72.7 Å². The Balaban J connectivity index is 1.53. The van der Waals surface area contributed by atoms with Gasteiger partial charge in [-0.2, -0.15) is 0 Å². The van der Waals surface area contributed by atoms with Gasteiger partial charge in [-0.3, -0.25) is 9.59 Å². The number of hydrogen-bond donors (Lipinski definition) is 2. The maximum atomic E-state index is 13.5. The van der Waals surface area contributed by atoms with Crippen molar-refractivity contribution in [2.24, 2.45) is 0 Å². The zero-order chi connectivity index (χ0) is 23.2. The molecule has 6 rings (SSSR count). The summed E-state index contributed by atoms with van der Waals surface area (Å²) in [7, 11) is 0. The number of nitrogens with one attached hydrogen (secondary N) is 1. The number of ketones is 1. The van der Waals surface area contributed by atoms with Gasteiger partial charge in [-0.05, 0) is 55.5 Å². The number of rotatable bonds is 3. The number of amides is 1. The molecule has 2 N–H and O–H groups in total.